The van der Waals surface area contributed by atoms with Gasteiger partial charge < -0.3 is 14.2 Å². The molecule has 0 saturated heterocycles. The summed E-state index contributed by atoms with van der Waals surface area (Å²) >= 11 is 0. The number of allylic oxidation sites excluding steroid dienone is 1. The zero-order valence-electron chi connectivity index (χ0n) is 13.3. The second kappa shape index (κ2) is 6.81. The lowest BCUT2D eigenvalue weighted by atomic mass is 10.1. The predicted octanol–water partition coefficient (Wildman–Crippen LogP) is 4.04. The van der Waals surface area contributed by atoms with Crippen LogP contribution >= 0.6 is 7.82 Å². The van der Waals surface area contributed by atoms with Crippen LogP contribution in [0.1, 0.15) is 24.5 Å². The molecule has 6 heteroatoms. The van der Waals surface area contributed by atoms with E-state index in [1.54, 1.807) is 19.1 Å². The van der Waals surface area contributed by atoms with E-state index in [0.717, 1.165) is 22.3 Å². The zero-order chi connectivity index (χ0) is 17.2. The average molecular weight is 346 g/mol. The number of fused-ring (bicyclic) bond motifs is 3. The van der Waals surface area contributed by atoms with Gasteiger partial charge in [-0.05, 0) is 35.8 Å². The first-order valence-corrected chi connectivity index (χ1v) is 9.22. The Bertz CT molecular complexity index is 828. The molecule has 2 N–H and O–H groups in total. The second-order valence-corrected chi connectivity index (χ2v) is 6.80. The first-order valence-electron chi connectivity index (χ1n) is 7.72. The third-order valence-electron chi connectivity index (χ3n) is 3.93. The van der Waals surface area contributed by atoms with Crippen LogP contribution in [0.2, 0.25) is 0 Å². The molecular weight excluding hydrogens is 327 g/mol. The van der Waals surface area contributed by atoms with Crippen LogP contribution in [0, 0.1) is 0 Å². The molecule has 0 bridgehead atoms. The maximum absolute atomic E-state index is 12.3. The number of benzene rings is 2. The fourth-order valence-electron chi connectivity index (χ4n) is 2.86. The summed E-state index contributed by atoms with van der Waals surface area (Å²) in [4.78, 5) is 10.0. The molecule has 0 spiro atoms. The molecule has 0 heterocycles. The Balaban J connectivity index is 1.86. The van der Waals surface area contributed by atoms with Crippen LogP contribution in [-0.4, -0.2) is 16.6 Å². The quantitative estimate of drug-likeness (QED) is 0.520. The van der Waals surface area contributed by atoms with Crippen LogP contribution in [0.4, 0.5) is 0 Å². The highest BCUT2D eigenvalue weighted by molar-refractivity contribution is 7.48. The average Bonchev–Trinajstić information content (AvgIpc) is 2.94. The second-order valence-electron chi connectivity index (χ2n) is 5.50. The maximum Gasteiger partial charge on any atom is 0.584 e. The van der Waals surface area contributed by atoms with Gasteiger partial charge in [-0.2, -0.15) is 0 Å². The normalized spacial score (nSPS) is 15.4. The van der Waals surface area contributed by atoms with E-state index >= 15 is 0 Å². The van der Waals surface area contributed by atoms with Crippen molar-refractivity contribution in [1.82, 2.24) is 0 Å². The van der Waals surface area contributed by atoms with Crippen LogP contribution < -0.4 is 4.52 Å². The molecule has 1 unspecified atom stereocenters. The fourth-order valence-corrected chi connectivity index (χ4v) is 3.81. The fraction of sp³-hybridized carbons (Fsp3) is 0.222. The van der Waals surface area contributed by atoms with Crippen LogP contribution in [-0.2, 0) is 15.5 Å². The Morgan fingerprint density at radius 3 is 2.71 bits per heavy atom. The van der Waals surface area contributed by atoms with E-state index in [-0.39, 0.29) is 18.8 Å². The Morgan fingerprint density at radius 1 is 1.21 bits per heavy atom. The van der Waals surface area contributed by atoms with Crippen molar-refractivity contribution < 1.29 is 23.6 Å². The number of phosphoric ester groups is 1. The first-order chi connectivity index (χ1) is 11.5. The lowest BCUT2D eigenvalue weighted by Crippen LogP contribution is -2.01. The summed E-state index contributed by atoms with van der Waals surface area (Å²) in [6.45, 7) is 1.50. The largest absolute Gasteiger partial charge is 0.584 e. The van der Waals surface area contributed by atoms with Gasteiger partial charge in [-0.1, -0.05) is 36.4 Å². The van der Waals surface area contributed by atoms with Gasteiger partial charge in [0, 0.05) is 18.4 Å². The number of hydrogen-bond donors (Lipinski definition) is 2. The van der Waals surface area contributed by atoms with Gasteiger partial charge in [0.05, 0.1) is 6.61 Å². The van der Waals surface area contributed by atoms with E-state index in [1.165, 1.54) is 6.08 Å². The molecule has 2 aromatic rings. The van der Waals surface area contributed by atoms with Gasteiger partial charge in [0.2, 0.25) is 0 Å². The predicted molar refractivity (Wildman–Crippen MR) is 91.7 cm³/mol. The van der Waals surface area contributed by atoms with Crippen LogP contribution in [0.5, 0.6) is 5.75 Å². The number of rotatable bonds is 6. The van der Waals surface area contributed by atoms with Crippen molar-refractivity contribution in [2.45, 2.75) is 19.8 Å². The van der Waals surface area contributed by atoms with Gasteiger partial charge in [-0.3, -0.25) is 4.89 Å². The molecule has 1 aliphatic carbocycles. The van der Waals surface area contributed by atoms with Crippen LogP contribution in [0.3, 0.4) is 0 Å². The van der Waals surface area contributed by atoms with Gasteiger partial charge >= 0.3 is 7.82 Å². The molecule has 5 nitrogen and oxygen atoms in total. The molecule has 0 saturated carbocycles. The summed E-state index contributed by atoms with van der Waals surface area (Å²) in [6.07, 6.45) is 2.34. The minimum atomic E-state index is -4.32. The summed E-state index contributed by atoms with van der Waals surface area (Å²) in [5.74, 6) is 0.563. The van der Waals surface area contributed by atoms with Gasteiger partial charge in [-0.15, -0.1) is 0 Å². The van der Waals surface area contributed by atoms with Crippen molar-refractivity contribution in [3.63, 3.8) is 0 Å². The van der Waals surface area contributed by atoms with E-state index in [0.29, 0.717) is 12.2 Å². The smallest absolute Gasteiger partial charge is 0.400 e. The molecular formula is C18H19O5P. The Labute approximate surface area is 140 Å². The lowest BCUT2D eigenvalue weighted by molar-refractivity contribution is 0.224. The van der Waals surface area contributed by atoms with E-state index in [4.69, 9.17) is 14.2 Å². The molecule has 2 aromatic carbocycles. The lowest BCUT2D eigenvalue weighted by Gasteiger charge is -2.17. The SMILES string of the molecule is CC=C(CCO)OP(=O)(O)Oc1cccc2c1Cc1ccccc1-2. The van der Waals surface area contributed by atoms with Gasteiger partial charge in [0.25, 0.3) is 0 Å². The van der Waals surface area contributed by atoms with Gasteiger partial charge in [-0.25, -0.2) is 4.57 Å². The van der Waals surface area contributed by atoms with Crippen molar-refractivity contribution in [3.8, 4) is 16.9 Å². The third kappa shape index (κ3) is 3.39. The highest BCUT2D eigenvalue weighted by Gasteiger charge is 2.29. The number of aliphatic hydroxyl groups excluding tert-OH is 1. The standard InChI is InChI=1S/C18H19O5P/c1-2-14(10-11-19)22-24(20,21)23-18-9-5-8-16-15-7-4-3-6-13(15)12-17(16)18/h2-9,19H,10-12H2,1H3,(H,20,21). The van der Waals surface area contributed by atoms with E-state index < -0.39 is 7.82 Å². The topological polar surface area (TPSA) is 76.0 Å². The first kappa shape index (κ1) is 16.8. The molecule has 0 aliphatic heterocycles. The summed E-state index contributed by atoms with van der Waals surface area (Å²) in [7, 11) is -4.32. The minimum Gasteiger partial charge on any atom is -0.400 e. The van der Waals surface area contributed by atoms with E-state index in [2.05, 4.69) is 0 Å². The molecule has 126 valence electrons. The van der Waals surface area contributed by atoms with Crippen molar-refractivity contribution in [1.29, 1.82) is 0 Å². The Hall–Kier alpha value is -2.07. The summed E-state index contributed by atoms with van der Waals surface area (Å²) in [5, 5.41) is 8.95. The van der Waals surface area contributed by atoms with E-state index in [9.17, 15) is 9.46 Å². The van der Waals surface area contributed by atoms with Crippen molar-refractivity contribution in [2.24, 2.45) is 0 Å². The molecule has 1 aliphatic rings. The maximum atomic E-state index is 12.3. The molecule has 0 fully saturated rings. The molecule has 1 atom stereocenters. The van der Waals surface area contributed by atoms with Crippen LogP contribution in [0.15, 0.2) is 54.3 Å². The van der Waals surface area contributed by atoms with Crippen molar-refractivity contribution in [2.75, 3.05) is 6.61 Å². The van der Waals surface area contributed by atoms with Crippen molar-refractivity contribution in [3.05, 3.63) is 65.4 Å². The zero-order valence-corrected chi connectivity index (χ0v) is 14.2. The molecule has 3 rings (SSSR count). The number of phosphoric acid groups is 1. The monoisotopic (exact) mass is 346 g/mol. The molecule has 0 radical (unpaired) electrons. The number of aliphatic hydroxyl groups is 1. The van der Waals surface area contributed by atoms with E-state index in [1.807, 2.05) is 30.3 Å². The third-order valence-corrected chi connectivity index (χ3v) is 4.83. The summed E-state index contributed by atoms with van der Waals surface area (Å²) in [6, 6.07) is 13.4. The highest BCUT2D eigenvalue weighted by Crippen LogP contribution is 2.50. The minimum absolute atomic E-state index is 0.156. The van der Waals surface area contributed by atoms with Gasteiger partial charge in [0.1, 0.15) is 11.5 Å². The van der Waals surface area contributed by atoms with Crippen molar-refractivity contribution >= 4 is 7.82 Å². The Kier molecular flexibility index (Phi) is 4.76. The molecule has 24 heavy (non-hydrogen) atoms. The van der Waals surface area contributed by atoms with Gasteiger partial charge in [0.15, 0.2) is 0 Å². The van der Waals surface area contributed by atoms with Crippen LogP contribution in [0.25, 0.3) is 11.1 Å². The summed E-state index contributed by atoms with van der Waals surface area (Å²) < 4.78 is 22.7. The Morgan fingerprint density at radius 2 is 1.96 bits per heavy atom. The highest BCUT2D eigenvalue weighted by atomic mass is 31.2. The number of hydrogen-bond acceptors (Lipinski definition) is 4. The summed E-state index contributed by atoms with van der Waals surface area (Å²) in [5.41, 5.74) is 4.15. The molecule has 0 amide bonds. The molecule has 0 aromatic heterocycles.